The molecule has 1 fully saturated rings. The van der Waals surface area contributed by atoms with Crippen LogP contribution in [0.3, 0.4) is 0 Å². The van der Waals surface area contributed by atoms with E-state index in [9.17, 15) is 14.4 Å². The molecule has 0 spiro atoms. The number of hydrogen-bond donors (Lipinski definition) is 1. The van der Waals surface area contributed by atoms with Gasteiger partial charge in [-0.3, -0.25) is 14.4 Å². The van der Waals surface area contributed by atoms with E-state index in [4.69, 9.17) is 4.74 Å². The summed E-state index contributed by atoms with van der Waals surface area (Å²) in [6.07, 6.45) is 8.57. The van der Waals surface area contributed by atoms with Crippen molar-refractivity contribution in [1.29, 1.82) is 0 Å². The maximum absolute atomic E-state index is 13.4. The lowest BCUT2D eigenvalue weighted by Gasteiger charge is -2.27. The summed E-state index contributed by atoms with van der Waals surface area (Å²) in [5.41, 5.74) is -0.114. The van der Waals surface area contributed by atoms with E-state index in [1.54, 1.807) is 26.6 Å². The highest BCUT2D eigenvalue weighted by molar-refractivity contribution is 5.99. The molecule has 0 saturated heterocycles. The molecule has 3 rings (SSSR count). The number of nitrogens with one attached hydrogen (secondary N) is 1. The van der Waals surface area contributed by atoms with Crippen molar-refractivity contribution in [3.05, 3.63) is 63.6 Å². The Bertz CT molecular complexity index is 1060. The van der Waals surface area contributed by atoms with Crippen molar-refractivity contribution in [3.8, 4) is 5.75 Å². The first kappa shape index (κ1) is 24.6. The van der Waals surface area contributed by atoms with Gasteiger partial charge in [-0.2, -0.15) is 0 Å². The van der Waals surface area contributed by atoms with Crippen molar-refractivity contribution in [2.24, 2.45) is 0 Å². The molecule has 1 aliphatic rings. The van der Waals surface area contributed by atoms with Gasteiger partial charge in [0.25, 0.3) is 11.8 Å². The van der Waals surface area contributed by atoms with Gasteiger partial charge in [0.1, 0.15) is 16.9 Å². The molecule has 33 heavy (non-hydrogen) atoms. The first-order valence-electron chi connectivity index (χ1n) is 11.6. The summed E-state index contributed by atoms with van der Waals surface area (Å²) < 4.78 is 7.17. The Morgan fingerprint density at radius 2 is 1.79 bits per heavy atom. The summed E-state index contributed by atoms with van der Waals surface area (Å²) in [5, 5.41) is 2.86. The molecule has 2 aromatic rings. The Morgan fingerprint density at radius 3 is 2.42 bits per heavy atom. The number of carbonyl (C=O) groups excluding carboxylic acids is 2. The zero-order valence-electron chi connectivity index (χ0n) is 20.3. The summed E-state index contributed by atoms with van der Waals surface area (Å²) in [6, 6.07) is 7.64. The minimum absolute atomic E-state index is 0.0103. The first-order chi connectivity index (χ1) is 15.6. The normalized spacial score (nSPS) is 14.6. The van der Waals surface area contributed by atoms with Gasteiger partial charge in [0, 0.05) is 37.6 Å². The number of pyridine rings is 1. The van der Waals surface area contributed by atoms with Crippen LogP contribution in [0.2, 0.25) is 0 Å². The smallest absolute Gasteiger partial charge is 0.259 e. The van der Waals surface area contributed by atoms with Crippen LogP contribution < -0.4 is 15.5 Å². The summed E-state index contributed by atoms with van der Waals surface area (Å²) in [4.78, 5) is 41.1. The molecule has 0 unspecified atom stereocenters. The molecule has 1 N–H and O–H groups in total. The van der Waals surface area contributed by atoms with E-state index in [1.165, 1.54) is 11.3 Å². The van der Waals surface area contributed by atoms with Gasteiger partial charge in [-0.25, -0.2) is 0 Å². The number of hydrogen-bond acceptors (Lipinski definition) is 4. The van der Waals surface area contributed by atoms with E-state index in [2.05, 4.69) is 5.32 Å². The Kier molecular flexibility index (Phi) is 7.61. The van der Waals surface area contributed by atoms with E-state index >= 15 is 0 Å². The van der Waals surface area contributed by atoms with Crippen LogP contribution in [0, 0.1) is 0 Å². The highest BCUT2D eigenvalue weighted by atomic mass is 16.5. The molecule has 1 heterocycles. The third-order valence-electron chi connectivity index (χ3n) is 5.91. The van der Waals surface area contributed by atoms with Crippen LogP contribution in [0.4, 0.5) is 0 Å². The van der Waals surface area contributed by atoms with Crippen molar-refractivity contribution in [1.82, 2.24) is 14.8 Å². The molecular formula is C26H35N3O4. The molecule has 0 aliphatic heterocycles. The van der Waals surface area contributed by atoms with Crippen molar-refractivity contribution < 1.29 is 14.3 Å². The number of amides is 2. The second-order valence-electron chi connectivity index (χ2n) is 9.87. The monoisotopic (exact) mass is 453 g/mol. The highest BCUT2D eigenvalue weighted by Gasteiger charge is 2.26. The average Bonchev–Trinajstić information content (AvgIpc) is 2.78. The lowest BCUT2D eigenvalue weighted by atomic mass is 9.95. The number of ether oxygens (including phenoxy) is 1. The molecular weight excluding hydrogens is 418 g/mol. The Labute approximate surface area is 195 Å². The molecule has 0 atom stereocenters. The average molecular weight is 454 g/mol. The van der Waals surface area contributed by atoms with Gasteiger partial charge < -0.3 is 19.5 Å². The maximum Gasteiger partial charge on any atom is 0.259 e. The molecule has 1 aromatic heterocycles. The summed E-state index contributed by atoms with van der Waals surface area (Å²) in [6.45, 7) is 5.90. The topological polar surface area (TPSA) is 80.6 Å². The van der Waals surface area contributed by atoms with Crippen molar-refractivity contribution >= 4 is 11.8 Å². The van der Waals surface area contributed by atoms with E-state index in [-0.39, 0.29) is 17.2 Å². The van der Waals surface area contributed by atoms with Crippen molar-refractivity contribution in [2.45, 2.75) is 71.0 Å². The van der Waals surface area contributed by atoms with E-state index in [0.717, 1.165) is 31.2 Å². The SMILES string of the molecule is COc1cccc(CN(C)C(=O)c2cn(C3CCCCC3)cc(C(=O)NC(C)(C)C)c2=O)c1. The Balaban J connectivity index is 1.97. The fourth-order valence-corrected chi connectivity index (χ4v) is 4.23. The van der Waals surface area contributed by atoms with Gasteiger partial charge in [-0.1, -0.05) is 31.4 Å². The standard InChI is InChI=1S/C26H35N3O4/c1-26(2,3)27-24(31)21-16-29(19-11-7-6-8-12-19)17-22(23(21)30)25(32)28(4)15-18-10-9-13-20(14-18)33-5/h9-10,13-14,16-17,19H,6-8,11-12,15H2,1-5H3,(H,27,31). The van der Waals surface area contributed by atoms with Crippen LogP contribution in [0.15, 0.2) is 41.5 Å². The molecule has 1 saturated carbocycles. The number of rotatable bonds is 6. The quantitative estimate of drug-likeness (QED) is 0.712. The zero-order valence-corrected chi connectivity index (χ0v) is 20.3. The molecule has 1 aromatic carbocycles. The van der Waals surface area contributed by atoms with E-state index < -0.39 is 22.8 Å². The molecule has 7 heteroatoms. The lowest BCUT2D eigenvalue weighted by Crippen LogP contribution is -2.43. The van der Waals surface area contributed by atoms with Crippen molar-refractivity contribution in [2.75, 3.05) is 14.2 Å². The summed E-state index contributed by atoms with van der Waals surface area (Å²) in [7, 11) is 3.25. The molecule has 2 amide bonds. The second kappa shape index (κ2) is 10.2. The number of benzene rings is 1. The predicted octanol–water partition coefficient (Wildman–Crippen LogP) is 4.16. The van der Waals surface area contributed by atoms with Crippen molar-refractivity contribution in [3.63, 3.8) is 0 Å². The number of nitrogens with zero attached hydrogens (tertiary/aromatic N) is 2. The van der Waals surface area contributed by atoms with Gasteiger partial charge in [-0.15, -0.1) is 0 Å². The highest BCUT2D eigenvalue weighted by Crippen LogP contribution is 2.28. The van der Waals surface area contributed by atoms with Gasteiger partial charge in [0.2, 0.25) is 5.43 Å². The Morgan fingerprint density at radius 1 is 1.12 bits per heavy atom. The second-order valence-corrected chi connectivity index (χ2v) is 9.87. The number of aromatic nitrogens is 1. The third-order valence-corrected chi connectivity index (χ3v) is 5.91. The van der Waals surface area contributed by atoms with Gasteiger partial charge in [0.15, 0.2) is 0 Å². The molecule has 7 nitrogen and oxygen atoms in total. The van der Waals surface area contributed by atoms with Gasteiger partial charge in [-0.05, 0) is 51.3 Å². The van der Waals surface area contributed by atoms with Crippen LogP contribution in [-0.2, 0) is 6.54 Å². The number of methoxy groups -OCH3 is 1. The van der Waals surface area contributed by atoms with Crippen LogP contribution in [0.1, 0.15) is 85.2 Å². The van der Waals surface area contributed by atoms with Crippen LogP contribution in [0.25, 0.3) is 0 Å². The summed E-state index contributed by atoms with van der Waals surface area (Å²) in [5.74, 6) is -0.159. The minimum Gasteiger partial charge on any atom is -0.497 e. The van der Waals surface area contributed by atoms with Crippen LogP contribution >= 0.6 is 0 Å². The molecule has 0 bridgehead atoms. The van der Waals surface area contributed by atoms with Gasteiger partial charge in [0.05, 0.1) is 7.11 Å². The maximum atomic E-state index is 13.4. The lowest BCUT2D eigenvalue weighted by molar-refractivity contribution is 0.0782. The van der Waals surface area contributed by atoms with E-state index in [0.29, 0.717) is 12.3 Å². The molecule has 0 radical (unpaired) electrons. The number of carbonyl (C=O) groups is 2. The first-order valence-corrected chi connectivity index (χ1v) is 11.6. The van der Waals surface area contributed by atoms with Gasteiger partial charge >= 0.3 is 0 Å². The zero-order chi connectivity index (χ0) is 24.2. The molecule has 1 aliphatic carbocycles. The third kappa shape index (κ3) is 6.24. The summed E-state index contributed by atoms with van der Waals surface area (Å²) >= 11 is 0. The van der Waals surface area contributed by atoms with Crippen LogP contribution in [-0.4, -0.2) is 41.0 Å². The molecule has 178 valence electrons. The minimum atomic E-state index is -0.536. The predicted molar refractivity (Wildman–Crippen MR) is 129 cm³/mol. The largest absolute Gasteiger partial charge is 0.497 e. The Hall–Kier alpha value is -3.09. The van der Waals surface area contributed by atoms with E-state index in [1.807, 2.05) is 49.6 Å². The van der Waals surface area contributed by atoms with Crippen LogP contribution in [0.5, 0.6) is 5.75 Å². The fourth-order valence-electron chi connectivity index (χ4n) is 4.23. The fraction of sp³-hybridized carbons (Fsp3) is 0.500.